The van der Waals surface area contributed by atoms with E-state index in [0.29, 0.717) is 32.8 Å². The lowest BCUT2D eigenvalue weighted by Gasteiger charge is -2.13. The molecule has 37 heavy (non-hydrogen) atoms. The second-order valence-electron chi connectivity index (χ2n) is 7.43. The normalized spacial score (nSPS) is 10.7. The van der Waals surface area contributed by atoms with E-state index in [1.807, 2.05) is 6.07 Å². The van der Waals surface area contributed by atoms with Crippen molar-refractivity contribution in [2.24, 2.45) is 0 Å². The minimum absolute atomic E-state index is 0.0178. The van der Waals surface area contributed by atoms with Crippen LogP contribution in [0.4, 0.5) is 11.4 Å². The number of benzene rings is 3. The zero-order chi connectivity index (χ0) is 26.9. The fourth-order valence-corrected chi connectivity index (χ4v) is 3.56. The minimum Gasteiger partial charge on any atom is -0.493 e. The number of nitrogens with one attached hydrogen (secondary N) is 1. The van der Waals surface area contributed by atoms with Gasteiger partial charge in [-0.05, 0) is 65.7 Å². The Labute approximate surface area is 220 Å². The molecular weight excluding hydrogens is 546 g/mol. The van der Waals surface area contributed by atoms with E-state index in [-0.39, 0.29) is 17.9 Å². The van der Waals surface area contributed by atoms with Crippen molar-refractivity contribution < 1.29 is 28.7 Å². The average Bonchev–Trinajstić information content (AvgIpc) is 2.91. The van der Waals surface area contributed by atoms with Crippen LogP contribution in [0.5, 0.6) is 11.5 Å². The Morgan fingerprint density at radius 1 is 1.08 bits per heavy atom. The number of non-ortho nitro benzene ring substituents is 1. The fraction of sp³-hybridized carbons (Fsp3) is 0.115. The van der Waals surface area contributed by atoms with Crippen molar-refractivity contribution in [3.05, 3.63) is 97.5 Å². The third kappa shape index (κ3) is 6.93. The van der Waals surface area contributed by atoms with Crippen LogP contribution in [0.15, 0.2) is 70.7 Å². The van der Waals surface area contributed by atoms with E-state index in [1.54, 1.807) is 24.3 Å². The van der Waals surface area contributed by atoms with E-state index in [4.69, 9.17) is 9.47 Å². The number of hydrogen-bond donors (Lipinski definition) is 1. The van der Waals surface area contributed by atoms with E-state index in [9.17, 15) is 25.0 Å². The summed E-state index contributed by atoms with van der Waals surface area (Å²) in [5, 5.41) is 23.0. The van der Waals surface area contributed by atoms with Gasteiger partial charge in [0.1, 0.15) is 18.2 Å². The third-order valence-corrected chi connectivity index (χ3v) is 5.74. The first kappa shape index (κ1) is 26.9. The number of rotatable bonds is 9. The number of nitro groups is 1. The summed E-state index contributed by atoms with van der Waals surface area (Å²) >= 11 is 3.42. The zero-order valence-corrected chi connectivity index (χ0v) is 21.3. The molecule has 11 heteroatoms. The molecule has 188 valence electrons. The highest BCUT2D eigenvalue weighted by atomic mass is 79.9. The van der Waals surface area contributed by atoms with Crippen LogP contribution in [0.2, 0.25) is 0 Å². The molecule has 0 aliphatic carbocycles. The van der Waals surface area contributed by atoms with Crippen LogP contribution in [0.1, 0.15) is 21.5 Å². The molecule has 0 aliphatic heterocycles. The van der Waals surface area contributed by atoms with Gasteiger partial charge in [0.2, 0.25) is 0 Å². The van der Waals surface area contributed by atoms with E-state index < -0.39 is 16.8 Å². The van der Waals surface area contributed by atoms with Crippen molar-refractivity contribution in [2.75, 3.05) is 19.5 Å². The molecule has 0 saturated carbocycles. The van der Waals surface area contributed by atoms with Crippen molar-refractivity contribution in [3.8, 4) is 17.6 Å². The number of nitriles is 1. The zero-order valence-electron chi connectivity index (χ0n) is 19.7. The van der Waals surface area contributed by atoms with Crippen LogP contribution in [-0.4, -0.2) is 31.0 Å². The van der Waals surface area contributed by atoms with Gasteiger partial charge in [0.15, 0.2) is 11.5 Å². The highest BCUT2D eigenvalue weighted by Gasteiger charge is 2.15. The Morgan fingerprint density at radius 3 is 2.32 bits per heavy atom. The molecule has 1 amide bonds. The smallest absolute Gasteiger partial charge is 0.337 e. The highest BCUT2D eigenvalue weighted by molar-refractivity contribution is 9.10. The first-order valence-electron chi connectivity index (χ1n) is 10.6. The van der Waals surface area contributed by atoms with Crippen molar-refractivity contribution in [2.45, 2.75) is 6.61 Å². The van der Waals surface area contributed by atoms with Crippen LogP contribution < -0.4 is 14.8 Å². The van der Waals surface area contributed by atoms with Gasteiger partial charge in [-0.15, -0.1) is 0 Å². The maximum Gasteiger partial charge on any atom is 0.337 e. The number of anilines is 1. The Balaban J connectivity index is 1.76. The monoisotopic (exact) mass is 565 g/mol. The molecule has 0 spiro atoms. The van der Waals surface area contributed by atoms with Gasteiger partial charge in [0.25, 0.3) is 11.6 Å². The maximum absolute atomic E-state index is 12.7. The number of halogens is 1. The third-order valence-electron chi connectivity index (χ3n) is 5.05. The van der Waals surface area contributed by atoms with E-state index in [0.717, 1.165) is 5.56 Å². The van der Waals surface area contributed by atoms with Crippen LogP contribution >= 0.6 is 15.9 Å². The molecule has 0 radical (unpaired) electrons. The Bertz CT molecular complexity index is 1400. The van der Waals surface area contributed by atoms with Crippen LogP contribution in [0.25, 0.3) is 6.08 Å². The number of nitrogens with zero attached hydrogens (tertiary/aromatic N) is 2. The van der Waals surface area contributed by atoms with Gasteiger partial charge < -0.3 is 19.5 Å². The molecule has 1 N–H and O–H groups in total. The molecule has 0 fully saturated rings. The first-order valence-corrected chi connectivity index (χ1v) is 11.4. The lowest BCUT2D eigenvalue weighted by Crippen LogP contribution is -2.13. The van der Waals surface area contributed by atoms with Crippen LogP contribution in [0.3, 0.4) is 0 Å². The first-order chi connectivity index (χ1) is 17.7. The van der Waals surface area contributed by atoms with E-state index >= 15 is 0 Å². The summed E-state index contributed by atoms with van der Waals surface area (Å²) in [6.07, 6.45) is 1.39. The van der Waals surface area contributed by atoms with Gasteiger partial charge in [-0.25, -0.2) is 4.79 Å². The number of carbonyl (C=O) groups is 2. The Hall–Kier alpha value is -4.69. The minimum atomic E-state index is -0.641. The molecule has 0 heterocycles. The number of carbonyl (C=O) groups excluding carboxylic acids is 2. The topological polar surface area (TPSA) is 141 Å². The quantitative estimate of drug-likeness (QED) is 0.121. The molecule has 0 aromatic heterocycles. The summed E-state index contributed by atoms with van der Waals surface area (Å²) in [7, 11) is 2.72. The lowest BCUT2D eigenvalue weighted by atomic mass is 10.1. The summed E-state index contributed by atoms with van der Waals surface area (Å²) in [5.74, 6) is -0.405. The number of amides is 1. The van der Waals surface area contributed by atoms with E-state index in [1.165, 1.54) is 56.7 Å². The van der Waals surface area contributed by atoms with E-state index in [2.05, 4.69) is 26.0 Å². The molecule has 3 aromatic rings. The molecule has 0 bridgehead atoms. The number of esters is 1. The average molecular weight is 566 g/mol. The van der Waals surface area contributed by atoms with Gasteiger partial charge in [-0.3, -0.25) is 14.9 Å². The number of hydrogen-bond acceptors (Lipinski definition) is 8. The van der Waals surface area contributed by atoms with Crippen molar-refractivity contribution in [3.63, 3.8) is 0 Å². The summed E-state index contributed by atoms with van der Waals surface area (Å²) in [5.41, 5.74) is 1.74. The maximum atomic E-state index is 12.7. The summed E-state index contributed by atoms with van der Waals surface area (Å²) in [6, 6.07) is 17.1. The van der Waals surface area contributed by atoms with Gasteiger partial charge in [0, 0.05) is 22.3 Å². The predicted octanol–water partition coefficient (Wildman–Crippen LogP) is 5.28. The molecule has 0 aliphatic rings. The van der Waals surface area contributed by atoms with Crippen LogP contribution in [0, 0.1) is 21.4 Å². The van der Waals surface area contributed by atoms with Crippen molar-refractivity contribution in [1.82, 2.24) is 0 Å². The fourth-order valence-electron chi connectivity index (χ4n) is 3.12. The molecular formula is C26H20BrN3O7. The lowest BCUT2D eigenvalue weighted by molar-refractivity contribution is -0.384. The predicted molar refractivity (Wildman–Crippen MR) is 138 cm³/mol. The van der Waals surface area contributed by atoms with Crippen molar-refractivity contribution in [1.29, 1.82) is 5.26 Å². The molecule has 0 saturated heterocycles. The second-order valence-corrected chi connectivity index (χ2v) is 8.28. The Kier molecular flexibility index (Phi) is 8.96. The molecule has 3 aromatic carbocycles. The van der Waals surface area contributed by atoms with Crippen molar-refractivity contribution >= 4 is 45.3 Å². The highest BCUT2D eigenvalue weighted by Crippen LogP contribution is 2.35. The summed E-state index contributed by atoms with van der Waals surface area (Å²) in [4.78, 5) is 34.6. The number of nitro benzene ring substituents is 1. The van der Waals surface area contributed by atoms with Gasteiger partial charge in [-0.2, -0.15) is 5.26 Å². The number of ether oxygens (including phenoxy) is 3. The number of methoxy groups -OCH3 is 2. The van der Waals surface area contributed by atoms with Gasteiger partial charge >= 0.3 is 5.97 Å². The Morgan fingerprint density at radius 2 is 1.76 bits per heavy atom. The SMILES string of the molecule is COC(=O)c1ccc(NC(=O)/C(C#N)=C/c2cc(OC)c(OCc3ccc([N+](=O)[O-])cc3)cc2Br)cc1. The second kappa shape index (κ2) is 12.3. The standard InChI is InChI=1S/C26H20BrN3O7/c1-35-23-12-18(22(27)13-24(23)37-15-16-3-9-21(10-4-16)30(33)34)11-19(14-28)25(31)29-20-7-5-17(6-8-20)26(32)36-2/h3-13H,15H2,1-2H3,(H,29,31)/b19-11+. The van der Waals surface area contributed by atoms with Gasteiger partial charge in [-0.1, -0.05) is 15.9 Å². The largest absolute Gasteiger partial charge is 0.493 e. The summed E-state index contributed by atoms with van der Waals surface area (Å²) in [6.45, 7) is 0.136. The van der Waals surface area contributed by atoms with Crippen LogP contribution in [-0.2, 0) is 16.1 Å². The molecule has 0 unspecified atom stereocenters. The van der Waals surface area contributed by atoms with Gasteiger partial charge in [0.05, 0.1) is 24.7 Å². The molecule has 3 rings (SSSR count). The molecule has 0 atom stereocenters. The summed E-state index contributed by atoms with van der Waals surface area (Å²) < 4.78 is 16.4. The molecule has 10 nitrogen and oxygen atoms in total.